The van der Waals surface area contributed by atoms with E-state index in [4.69, 9.17) is 0 Å². The second-order valence-electron chi connectivity index (χ2n) is 8.25. The number of amides is 1. The molecule has 1 heterocycles. The molecule has 1 saturated heterocycles. The van der Waals surface area contributed by atoms with Crippen LogP contribution in [0, 0.1) is 5.41 Å². The molecule has 0 aromatic heterocycles. The van der Waals surface area contributed by atoms with Crippen molar-refractivity contribution in [2.45, 2.75) is 58.7 Å². The van der Waals surface area contributed by atoms with Gasteiger partial charge in [0, 0.05) is 6.54 Å². The first-order chi connectivity index (χ1) is 13.1. The number of nitrogens with zero attached hydrogens (tertiary/aromatic N) is 1. The van der Waals surface area contributed by atoms with Crippen molar-refractivity contribution in [2.24, 2.45) is 5.41 Å². The lowest BCUT2D eigenvalue weighted by molar-refractivity contribution is -0.191. The third-order valence-electron chi connectivity index (χ3n) is 5.41. The Morgan fingerprint density at radius 2 is 1.93 bits per heavy atom. The fourth-order valence-electron chi connectivity index (χ4n) is 3.83. The minimum absolute atomic E-state index is 0.00614. The maximum Gasteiger partial charge on any atom is 0.409 e. The second kappa shape index (κ2) is 7.74. The van der Waals surface area contributed by atoms with E-state index in [1.54, 1.807) is 26.0 Å². The van der Waals surface area contributed by atoms with Gasteiger partial charge in [0.1, 0.15) is 6.04 Å². The van der Waals surface area contributed by atoms with E-state index in [1.165, 1.54) is 6.07 Å². The molecule has 0 spiro atoms. The standard InChI is InChI=1S/C22H27F3N2O/c1-4-5-6-8-15-9-7-10-16-11-12-17(13-18(15)16)19(22(23,24)25)27-14-21(2,3)20(28)26-27/h7,9-13,19H,4-6,8,14H2,1-3H3,(H,26,28)/t19-/m0/s1. The zero-order valence-corrected chi connectivity index (χ0v) is 16.6. The van der Waals surface area contributed by atoms with E-state index in [0.29, 0.717) is 0 Å². The summed E-state index contributed by atoms with van der Waals surface area (Å²) in [5.74, 6) is -0.386. The molecular formula is C22H27F3N2O. The first-order valence-electron chi connectivity index (χ1n) is 9.79. The highest BCUT2D eigenvalue weighted by Crippen LogP contribution is 2.41. The van der Waals surface area contributed by atoms with Gasteiger partial charge >= 0.3 is 6.18 Å². The van der Waals surface area contributed by atoms with Crippen molar-refractivity contribution in [3.8, 4) is 0 Å². The fraction of sp³-hybridized carbons (Fsp3) is 0.500. The molecule has 152 valence electrons. The summed E-state index contributed by atoms with van der Waals surface area (Å²) in [6.07, 6.45) is -0.455. The number of carbonyl (C=O) groups is 1. The maximum absolute atomic E-state index is 14.0. The maximum atomic E-state index is 14.0. The lowest BCUT2D eigenvalue weighted by Gasteiger charge is -2.30. The molecular weight excluding hydrogens is 365 g/mol. The fourth-order valence-corrected chi connectivity index (χ4v) is 3.83. The van der Waals surface area contributed by atoms with Crippen molar-refractivity contribution >= 4 is 16.7 Å². The van der Waals surface area contributed by atoms with Crippen LogP contribution in [-0.2, 0) is 11.2 Å². The molecule has 0 unspecified atom stereocenters. The molecule has 28 heavy (non-hydrogen) atoms. The van der Waals surface area contributed by atoms with E-state index >= 15 is 0 Å². The van der Waals surface area contributed by atoms with Crippen molar-refractivity contribution in [2.75, 3.05) is 6.54 Å². The van der Waals surface area contributed by atoms with Crippen LogP contribution < -0.4 is 5.43 Å². The second-order valence-corrected chi connectivity index (χ2v) is 8.25. The Morgan fingerprint density at radius 1 is 1.18 bits per heavy atom. The van der Waals surface area contributed by atoms with Crippen LogP contribution in [0.3, 0.4) is 0 Å². The number of benzene rings is 2. The Morgan fingerprint density at radius 3 is 2.54 bits per heavy atom. The zero-order chi connectivity index (χ0) is 20.5. The number of unbranched alkanes of at least 4 members (excludes halogenated alkanes) is 2. The molecule has 1 N–H and O–H groups in total. The van der Waals surface area contributed by atoms with Gasteiger partial charge in [-0.15, -0.1) is 0 Å². The summed E-state index contributed by atoms with van der Waals surface area (Å²) in [7, 11) is 0. The molecule has 2 aromatic carbocycles. The molecule has 1 fully saturated rings. The smallest absolute Gasteiger partial charge is 0.287 e. The number of rotatable bonds is 6. The minimum atomic E-state index is -4.50. The van der Waals surface area contributed by atoms with Crippen LogP contribution in [0.25, 0.3) is 10.8 Å². The van der Waals surface area contributed by atoms with Gasteiger partial charge in [-0.25, -0.2) is 5.01 Å². The summed E-state index contributed by atoms with van der Waals surface area (Å²) < 4.78 is 42.0. The average Bonchev–Trinajstić information content (AvgIpc) is 2.86. The van der Waals surface area contributed by atoms with E-state index in [9.17, 15) is 18.0 Å². The number of fused-ring (bicyclic) bond motifs is 1. The van der Waals surface area contributed by atoms with Crippen molar-refractivity contribution in [3.63, 3.8) is 0 Å². The van der Waals surface area contributed by atoms with Crippen molar-refractivity contribution < 1.29 is 18.0 Å². The van der Waals surface area contributed by atoms with Gasteiger partial charge in [0.15, 0.2) is 0 Å². The van der Waals surface area contributed by atoms with Gasteiger partial charge in [-0.3, -0.25) is 10.2 Å². The van der Waals surface area contributed by atoms with Crippen LogP contribution in [0.2, 0.25) is 0 Å². The van der Waals surface area contributed by atoms with Gasteiger partial charge in [-0.05, 0) is 54.7 Å². The van der Waals surface area contributed by atoms with Crippen LogP contribution in [-0.4, -0.2) is 23.6 Å². The third kappa shape index (κ3) is 4.17. The molecule has 2 aromatic rings. The molecule has 1 aliphatic heterocycles. The number of aryl methyl sites for hydroxylation is 1. The minimum Gasteiger partial charge on any atom is -0.287 e. The third-order valence-corrected chi connectivity index (χ3v) is 5.41. The Balaban J connectivity index is 2.01. The summed E-state index contributed by atoms with van der Waals surface area (Å²) in [6.45, 7) is 5.44. The summed E-state index contributed by atoms with van der Waals surface area (Å²) in [5.41, 5.74) is 2.80. The molecule has 0 saturated carbocycles. The zero-order valence-electron chi connectivity index (χ0n) is 16.6. The summed E-state index contributed by atoms with van der Waals surface area (Å²) in [6, 6.07) is 8.91. The number of hydrazine groups is 1. The SMILES string of the molecule is CCCCCc1cccc2ccc([C@H](N3CC(C)(C)C(=O)N3)C(F)(F)F)cc12. The van der Waals surface area contributed by atoms with Gasteiger partial charge < -0.3 is 0 Å². The van der Waals surface area contributed by atoms with Crippen LogP contribution in [0.4, 0.5) is 13.2 Å². The van der Waals surface area contributed by atoms with E-state index in [0.717, 1.165) is 47.0 Å². The van der Waals surface area contributed by atoms with Gasteiger partial charge in [0.2, 0.25) is 5.91 Å². The number of hydrogen-bond acceptors (Lipinski definition) is 2. The highest BCUT2D eigenvalue weighted by atomic mass is 19.4. The first kappa shape index (κ1) is 20.6. The van der Waals surface area contributed by atoms with Gasteiger partial charge in [-0.1, -0.05) is 50.1 Å². The van der Waals surface area contributed by atoms with E-state index in [-0.39, 0.29) is 18.0 Å². The van der Waals surface area contributed by atoms with Crippen molar-refractivity contribution in [3.05, 3.63) is 47.5 Å². The molecule has 1 amide bonds. The Bertz CT molecular complexity index is 860. The topological polar surface area (TPSA) is 32.3 Å². The van der Waals surface area contributed by atoms with Crippen LogP contribution in [0.15, 0.2) is 36.4 Å². The molecule has 0 aliphatic carbocycles. The van der Waals surface area contributed by atoms with Gasteiger partial charge in [-0.2, -0.15) is 13.2 Å². The highest BCUT2D eigenvalue weighted by molar-refractivity contribution is 5.87. The van der Waals surface area contributed by atoms with Crippen LogP contribution in [0.5, 0.6) is 0 Å². The molecule has 3 nitrogen and oxygen atoms in total. The Kier molecular flexibility index (Phi) is 5.71. The van der Waals surface area contributed by atoms with Crippen molar-refractivity contribution in [1.29, 1.82) is 0 Å². The first-order valence-corrected chi connectivity index (χ1v) is 9.79. The number of alkyl halides is 3. The summed E-state index contributed by atoms with van der Waals surface area (Å²) in [4.78, 5) is 12.1. The Hall–Kier alpha value is -2.08. The lowest BCUT2D eigenvalue weighted by atomic mass is 9.93. The molecule has 0 bridgehead atoms. The predicted molar refractivity (Wildman–Crippen MR) is 105 cm³/mol. The lowest BCUT2D eigenvalue weighted by Crippen LogP contribution is -2.43. The average molecular weight is 392 g/mol. The van der Waals surface area contributed by atoms with Gasteiger partial charge in [0.25, 0.3) is 0 Å². The normalized spacial score (nSPS) is 18.4. The molecule has 1 atom stereocenters. The number of nitrogens with one attached hydrogen (secondary N) is 1. The number of halogens is 3. The monoisotopic (exact) mass is 392 g/mol. The largest absolute Gasteiger partial charge is 0.409 e. The molecule has 3 rings (SSSR count). The number of carbonyl (C=O) groups excluding carboxylic acids is 1. The quantitative estimate of drug-likeness (QED) is 0.654. The summed E-state index contributed by atoms with van der Waals surface area (Å²) in [5, 5.41) is 2.82. The molecule has 1 aliphatic rings. The Labute approximate surface area is 163 Å². The van der Waals surface area contributed by atoms with E-state index in [2.05, 4.69) is 12.3 Å². The van der Waals surface area contributed by atoms with Gasteiger partial charge in [0.05, 0.1) is 5.41 Å². The van der Waals surface area contributed by atoms with Crippen LogP contribution in [0.1, 0.15) is 57.2 Å². The van der Waals surface area contributed by atoms with E-state index < -0.39 is 17.6 Å². The highest BCUT2D eigenvalue weighted by Gasteiger charge is 2.51. The molecule has 6 heteroatoms. The number of hydrogen-bond donors (Lipinski definition) is 1. The van der Waals surface area contributed by atoms with E-state index in [1.807, 2.05) is 18.2 Å². The predicted octanol–water partition coefficient (Wildman–Crippen LogP) is 5.55. The summed E-state index contributed by atoms with van der Waals surface area (Å²) >= 11 is 0. The van der Waals surface area contributed by atoms with Crippen molar-refractivity contribution in [1.82, 2.24) is 10.4 Å². The molecule has 0 radical (unpaired) electrons. The van der Waals surface area contributed by atoms with Crippen LogP contribution >= 0.6 is 0 Å².